The predicted molar refractivity (Wildman–Crippen MR) is 103 cm³/mol. The molecule has 1 aromatic rings. The lowest BCUT2D eigenvalue weighted by atomic mass is 9.68. The standard InChI is InChI=1S/C22H32N2O2/c1-23-14-18-8-9-24(15-18)21(25)22(13-17-6-7-19(22)10-17)12-16-4-3-5-20(11-16)26-2/h3-5,11,17-19,23H,6-10,12-15H2,1-2H3. The Bertz CT molecular complexity index is 661. The first-order chi connectivity index (χ1) is 12.6. The third-order valence-corrected chi connectivity index (χ3v) is 7.12. The van der Waals surface area contributed by atoms with Crippen LogP contribution in [0.3, 0.4) is 0 Å². The van der Waals surface area contributed by atoms with Crippen LogP contribution < -0.4 is 10.1 Å². The summed E-state index contributed by atoms with van der Waals surface area (Å²) < 4.78 is 5.41. The van der Waals surface area contributed by atoms with Crippen LogP contribution in [0.1, 0.15) is 37.7 Å². The Balaban J connectivity index is 1.57. The maximum Gasteiger partial charge on any atom is 0.229 e. The minimum absolute atomic E-state index is 0.177. The second-order valence-corrected chi connectivity index (χ2v) is 8.73. The Morgan fingerprint density at radius 3 is 2.92 bits per heavy atom. The fourth-order valence-electron chi connectivity index (χ4n) is 5.93. The predicted octanol–water partition coefficient (Wildman–Crippen LogP) is 3.11. The molecule has 2 aliphatic carbocycles. The molecule has 142 valence electrons. The number of nitrogens with zero attached hydrogens (tertiary/aromatic N) is 1. The highest BCUT2D eigenvalue weighted by Gasteiger charge is 2.56. The SMILES string of the molecule is CNCC1CCN(C(=O)C2(Cc3cccc(OC)c3)CC3CCC2C3)C1. The van der Waals surface area contributed by atoms with Gasteiger partial charge in [-0.2, -0.15) is 0 Å². The third kappa shape index (κ3) is 3.13. The minimum atomic E-state index is -0.177. The third-order valence-electron chi connectivity index (χ3n) is 7.12. The molecule has 1 N–H and O–H groups in total. The highest BCUT2D eigenvalue weighted by molar-refractivity contribution is 5.84. The molecule has 1 heterocycles. The van der Waals surface area contributed by atoms with E-state index in [1.165, 1.54) is 24.8 Å². The van der Waals surface area contributed by atoms with Gasteiger partial charge in [-0.1, -0.05) is 18.6 Å². The van der Waals surface area contributed by atoms with E-state index in [9.17, 15) is 4.79 Å². The summed E-state index contributed by atoms with van der Waals surface area (Å²) in [6, 6.07) is 8.33. The average Bonchev–Trinajstić information content (AvgIpc) is 3.38. The maximum atomic E-state index is 13.7. The van der Waals surface area contributed by atoms with Crippen molar-refractivity contribution in [3.8, 4) is 5.75 Å². The van der Waals surface area contributed by atoms with Crippen LogP contribution in [0.25, 0.3) is 0 Å². The van der Waals surface area contributed by atoms with Crippen molar-refractivity contribution in [2.45, 2.75) is 38.5 Å². The van der Waals surface area contributed by atoms with Gasteiger partial charge in [0.1, 0.15) is 5.75 Å². The van der Waals surface area contributed by atoms with Crippen LogP contribution in [0, 0.1) is 23.2 Å². The molecule has 4 rings (SSSR count). The van der Waals surface area contributed by atoms with Crippen LogP contribution in [0.4, 0.5) is 0 Å². The molecule has 1 saturated heterocycles. The molecular weight excluding hydrogens is 324 g/mol. The van der Waals surface area contributed by atoms with E-state index >= 15 is 0 Å². The van der Waals surface area contributed by atoms with E-state index in [1.807, 2.05) is 13.1 Å². The quantitative estimate of drug-likeness (QED) is 0.851. The topological polar surface area (TPSA) is 41.6 Å². The molecule has 2 saturated carbocycles. The van der Waals surface area contributed by atoms with E-state index in [-0.39, 0.29) is 5.41 Å². The van der Waals surface area contributed by atoms with Gasteiger partial charge in [-0.05, 0) is 81.1 Å². The number of carbonyl (C=O) groups excluding carboxylic acids is 1. The number of hydrogen-bond donors (Lipinski definition) is 1. The molecule has 4 unspecified atom stereocenters. The number of likely N-dealkylation sites (tertiary alicyclic amines) is 1. The number of methoxy groups -OCH3 is 1. The second kappa shape index (κ2) is 7.22. The van der Waals surface area contributed by atoms with Gasteiger partial charge in [0, 0.05) is 13.1 Å². The number of amides is 1. The Morgan fingerprint density at radius 2 is 2.23 bits per heavy atom. The van der Waals surface area contributed by atoms with Crippen molar-refractivity contribution in [2.24, 2.45) is 23.2 Å². The van der Waals surface area contributed by atoms with Gasteiger partial charge < -0.3 is 15.0 Å². The summed E-state index contributed by atoms with van der Waals surface area (Å²) in [5, 5.41) is 3.28. The van der Waals surface area contributed by atoms with E-state index in [4.69, 9.17) is 4.74 Å². The number of carbonyl (C=O) groups is 1. The molecule has 1 aliphatic heterocycles. The normalized spacial score (nSPS) is 33.0. The molecule has 4 atom stereocenters. The van der Waals surface area contributed by atoms with Crippen LogP contribution in [-0.2, 0) is 11.2 Å². The lowest BCUT2D eigenvalue weighted by molar-refractivity contribution is -0.144. The summed E-state index contributed by atoms with van der Waals surface area (Å²) >= 11 is 0. The van der Waals surface area contributed by atoms with Gasteiger partial charge in [-0.3, -0.25) is 4.79 Å². The molecule has 0 radical (unpaired) electrons. The number of fused-ring (bicyclic) bond motifs is 2. The van der Waals surface area contributed by atoms with Crippen molar-refractivity contribution in [1.82, 2.24) is 10.2 Å². The summed E-state index contributed by atoms with van der Waals surface area (Å²) in [5.41, 5.74) is 1.07. The van der Waals surface area contributed by atoms with Crippen LogP contribution in [-0.4, -0.2) is 44.6 Å². The Labute approximate surface area is 157 Å². The molecule has 2 bridgehead atoms. The van der Waals surface area contributed by atoms with Gasteiger partial charge in [-0.25, -0.2) is 0 Å². The van der Waals surface area contributed by atoms with Crippen LogP contribution in [0.15, 0.2) is 24.3 Å². The van der Waals surface area contributed by atoms with E-state index in [2.05, 4.69) is 28.4 Å². The summed E-state index contributed by atoms with van der Waals surface area (Å²) in [4.78, 5) is 15.9. The molecule has 1 aromatic carbocycles. The Morgan fingerprint density at radius 1 is 1.35 bits per heavy atom. The number of benzene rings is 1. The second-order valence-electron chi connectivity index (χ2n) is 8.73. The van der Waals surface area contributed by atoms with Gasteiger partial charge in [0.15, 0.2) is 0 Å². The van der Waals surface area contributed by atoms with E-state index in [0.29, 0.717) is 17.7 Å². The summed E-state index contributed by atoms with van der Waals surface area (Å²) in [6.07, 6.45) is 6.89. The molecular formula is C22H32N2O2. The molecule has 4 nitrogen and oxygen atoms in total. The molecule has 1 amide bonds. The maximum absolute atomic E-state index is 13.7. The highest BCUT2D eigenvalue weighted by Crippen LogP contribution is 2.58. The van der Waals surface area contributed by atoms with Crippen molar-refractivity contribution < 1.29 is 9.53 Å². The molecule has 0 aromatic heterocycles. The summed E-state index contributed by atoms with van der Waals surface area (Å²) in [7, 11) is 3.72. The van der Waals surface area contributed by atoms with Crippen LogP contribution >= 0.6 is 0 Å². The Kier molecular flexibility index (Phi) is 4.96. The average molecular weight is 357 g/mol. The number of rotatable bonds is 6. The van der Waals surface area contributed by atoms with Crippen molar-refractivity contribution >= 4 is 5.91 Å². The van der Waals surface area contributed by atoms with Crippen molar-refractivity contribution in [2.75, 3.05) is 33.8 Å². The fraction of sp³-hybridized carbons (Fsp3) is 0.682. The van der Waals surface area contributed by atoms with E-state index in [1.54, 1.807) is 7.11 Å². The van der Waals surface area contributed by atoms with Gasteiger partial charge >= 0.3 is 0 Å². The van der Waals surface area contributed by atoms with Crippen molar-refractivity contribution in [3.05, 3.63) is 29.8 Å². The molecule has 3 aliphatic rings. The van der Waals surface area contributed by atoms with Gasteiger partial charge in [0.25, 0.3) is 0 Å². The largest absolute Gasteiger partial charge is 0.497 e. The monoisotopic (exact) mass is 356 g/mol. The number of ether oxygens (including phenoxy) is 1. The fourth-order valence-corrected chi connectivity index (χ4v) is 5.93. The first kappa shape index (κ1) is 17.8. The Hall–Kier alpha value is -1.55. The van der Waals surface area contributed by atoms with Crippen molar-refractivity contribution in [1.29, 1.82) is 0 Å². The lowest BCUT2D eigenvalue weighted by Gasteiger charge is -2.39. The summed E-state index contributed by atoms with van der Waals surface area (Å²) in [5.74, 6) is 3.26. The first-order valence-electron chi connectivity index (χ1n) is 10.2. The van der Waals surface area contributed by atoms with Gasteiger partial charge in [0.05, 0.1) is 12.5 Å². The van der Waals surface area contributed by atoms with Crippen molar-refractivity contribution in [3.63, 3.8) is 0 Å². The molecule has 26 heavy (non-hydrogen) atoms. The summed E-state index contributed by atoms with van der Waals surface area (Å²) in [6.45, 7) is 2.87. The highest BCUT2D eigenvalue weighted by atomic mass is 16.5. The zero-order chi connectivity index (χ0) is 18.1. The van der Waals surface area contributed by atoms with Gasteiger partial charge in [0.2, 0.25) is 5.91 Å². The van der Waals surface area contributed by atoms with E-state index in [0.717, 1.165) is 50.6 Å². The lowest BCUT2D eigenvalue weighted by Crippen LogP contribution is -2.47. The van der Waals surface area contributed by atoms with Gasteiger partial charge in [-0.15, -0.1) is 0 Å². The zero-order valence-electron chi connectivity index (χ0n) is 16.2. The smallest absolute Gasteiger partial charge is 0.229 e. The van der Waals surface area contributed by atoms with E-state index < -0.39 is 0 Å². The van der Waals surface area contributed by atoms with Crippen LogP contribution in [0.2, 0.25) is 0 Å². The number of hydrogen-bond acceptors (Lipinski definition) is 3. The van der Waals surface area contributed by atoms with Crippen LogP contribution in [0.5, 0.6) is 5.75 Å². The molecule has 4 heteroatoms. The number of nitrogens with one attached hydrogen (secondary N) is 1. The first-order valence-corrected chi connectivity index (χ1v) is 10.2. The molecule has 3 fully saturated rings. The zero-order valence-corrected chi connectivity index (χ0v) is 16.2. The minimum Gasteiger partial charge on any atom is -0.497 e. The molecule has 0 spiro atoms.